The summed E-state index contributed by atoms with van der Waals surface area (Å²) >= 11 is 0. The van der Waals surface area contributed by atoms with Crippen molar-refractivity contribution in [1.29, 1.82) is 0 Å². The molecule has 1 aromatic rings. The monoisotopic (exact) mass is 291 g/mol. The summed E-state index contributed by atoms with van der Waals surface area (Å²) in [5.74, 6) is -0.680. The average Bonchev–Trinajstić information content (AvgIpc) is 3.02. The number of hydrogen-bond acceptors (Lipinski definition) is 4. The van der Waals surface area contributed by atoms with Crippen LogP contribution in [0, 0.1) is 6.92 Å². The Kier molecular flexibility index (Phi) is 5.33. The van der Waals surface area contributed by atoms with Crippen molar-refractivity contribution >= 4 is 11.9 Å². The highest BCUT2D eigenvalue weighted by Crippen LogP contribution is 2.14. The third-order valence-electron chi connectivity index (χ3n) is 3.71. The van der Waals surface area contributed by atoms with Crippen LogP contribution >= 0.6 is 0 Å². The molecule has 5 nitrogen and oxygen atoms in total. The van der Waals surface area contributed by atoms with E-state index < -0.39 is 18.1 Å². The van der Waals surface area contributed by atoms with E-state index in [4.69, 9.17) is 9.47 Å². The Morgan fingerprint density at radius 3 is 2.81 bits per heavy atom. The number of amides is 1. The Morgan fingerprint density at radius 1 is 1.43 bits per heavy atom. The molecule has 1 N–H and O–H groups in total. The van der Waals surface area contributed by atoms with Crippen molar-refractivity contribution in [3.8, 4) is 0 Å². The van der Waals surface area contributed by atoms with Crippen LogP contribution in [0.1, 0.15) is 24.0 Å². The second-order valence-corrected chi connectivity index (χ2v) is 5.22. The lowest BCUT2D eigenvalue weighted by atomic mass is 10.0. The van der Waals surface area contributed by atoms with Gasteiger partial charge >= 0.3 is 5.97 Å². The van der Waals surface area contributed by atoms with Gasteiger partial charge in [0.15, 0.2) is 0 Å². The van der Waals surface area contributed by atoms with Crippen LogP contribution in [0.15, 0.2) is 24.3 Å². The number of aryl methyl sites for hydroxylation is 1. The zero-order chi connectivity index (χ0) is 15.2. The lowest BCUT2D eigenvalue weighted by Gasteiger charge is -2.19. The normalized spacial score (nSPS) is 19.0. The Morgan fingerprint density at radius 2 is 2.19 bits per heavy atom. The van der Waals surface area contributed by atoms with Crippen LogP contribution < -0.4 is 5.32 Å². The fourth-order valence-corrected chi connectivity index (χ4v) is 2.44. The van der Waals surface area contributed by atoms with Gasteiger partial charge in [-0.05, 0) is 30.9 Å². The van der Waals surface area contributed by atoms with Crippen LogP contribution in [0.4, 0.5) is 0 Å². The fraction of sp³-hybridized carbons (Fsp3) is 0.500. The molecule has 0 bridgehead atoms. The SMILES string of the molecule is COC(=O)[C@@H](Cc1ccccc1C)NC(=O)[C@H]1CCCO1. The van der Waals surface area contributed by atoms with Gasteiger partial charge in [0.1, 0.15) is 12.1 Å². The number of esters is 1. The van der Waals surface area contributed by atoms with Crippen LogP contribution in [0.2, 0.25) is 0 Å². The van der Waals surface area contributed by atoms with Crippen LogP contribution in [0.3, 0.4) is 0 Å². The molecule has 0 unspecified atom stereocenters. The second kappa shape index (κ2) is 7.22. The van der Waals surface area contributed by atoms with Gasteiger partial charge in [0, 0.05) is 13.0 Å². The molecular formula is C16H21NO4. The van der Waals surface area contributed by atoms with Crippen molar-refractivity contribution in [2.24, 2.45) is 0 Å². The summed E-state index contributed by atoms with van der Waals surface area (Å²) < 4.78 is 10.1. The predicted octanol–water partition coefficient (Wildman–Crippen LogP) is 1.37. The molecule has 2 atom stereocenters. The van der Waals surface area contributed by atoms with Gasteiger partial charge in [-0.25, -0.2) is 4.79 Å². The van der Waals surface area contributed by atoms with Gasteiger partial charge in [0.2, 0.25) is 5.91 Å². The van der Waals surface area contributed by atoms with Crippen molar-refractivity contribution in [3.63, 3.8) is 0 Å². The molecule has 1 aliphatic rings. The van der Waals surface area contributed by atoms with Gasteiger partial charge in [0.05, 0.1) is 7.11 Å². The zero-order valence-electron chi connectivity index (χ0n) is 12.4. The van der Waals surface area contributed by atoms with Crippen molar-refractivity contribution in [1.82, 2.24) is 5.32 Å². The minimum absolute atomic E-state index is 0.239. The van der Waals surface area contributed by atoms with Crippen molar-refractivity contribution in [2.45, 2.75) is 38.3 Å². The Bertz CT molecular complexity index is 509. The van der Waals surface area contributed by atoms with E-state index in [1.807, 2.05) is 31.2 Å². The molecule has 0 aromatic heterocycles. The summed E-state index contributed by atoms with van der Waals surface area (Å²) in [5, 5.41) is 2.75. The van der Waals surface area contributed by atoms with Crippen LogP contribution in [-0.4, -0.2) is 37.7 Å². The molecule has 2 rings (SSSR count). The molecule has 1 aromatic carbocycles. The summed E-state index contributed by atoms with van der Waals surface area (Å²) in [6, 6.07) is 7.10. The standard InChI is InChI=1S/C16H21NO4/c1-11-6-3-4-7-12(11)10-13(16(19)20-2)17-15(18)14-8-5-9-21-14/h3-4,6-7,13-14H,5,8-10H2,1-2H3,(H,17,18)/t13-,14-/m1/s1. The molecule has 1 aliphatic heterocycles. The zero-order valence-corrected chi connectivity index (χ0v) is 12.4. The van der Waals surface area contributed by atoms with E-state index in [0.717, 1.165) is 17.5 Å². The first-order valence-electron chi connectivity index (χ1n) is 7.16. The second-order valence-electron chi connectivity index (χ2n) is 5.22. The van der Waals surface area contributed by atoms with Gasteiger partial charge in [-0.15, -0.1) is 0 Å². The minimum Gasteiger partial charge on any atom is -0.467 e. The number of ether oxygens (including phenoxy) is 2. The Hall–Kier alpha value is -1.88. The van der Waals surface area contributed by atoms with E-state index in [0.29, 0.717) is 19.4 Å². The molecule has 21 heavy (non-hydrogen) atoms. The van der Waals surface area contributed by atoms with E-state index in [9.17, 15) is 9.59 Å². The van der Waals surface area contributed by atoms with Crippen LogP contribution in [0.25, 0.3) is 0 Å². The lowest BCUT2D eigenvalue weighted by molar-refractivity contribution is -0.146. The molecule has 0 radical (unpaired) electrons. The van der Waals surface area contributed by atoms with E-state index in [2.05, 4.69) is 5.32 Å². The third-order valence-corrected chi connectivity index (χ3v) is 3.71. The van der Waals surface area contributed by atoms with E-state index in [-0.39, 0.29) is 5.91 Å². The Labute approximate surface area is 124 Å². The first-order valence-corrected chi connectivity index (χ1v) is 7.16. The van der Waals surface area contributed by atoms with Crippen LogP contribution in [0.5, 0.6) is 0 Å². The smallest absolute Gasteiger partial charge is 0.328 e. The molecule has 114 valence electrons. The molecule has 0 spiro atoms. The topological polar surface area (TPSA) is 64.6 Å². The first-order chi connectivity index (χ1) is 10.1. The van der Waals surface area contributed by atoms with Crippen molar-refractivity contribution < 1.29 is 19.1 Å². The fourth-order valence-electron chi connectivity index (χ4n) is 2.44. The Balaban J connectivity index is 2.06. The van der Waals surface area contributed by atoms with Crippen molar-refractivity contribution in [2.75, 3.05) is 13.7 Å². The molecule has 1 fully saturated rings. The number of carbonyl (C=O) groups is 2. The highest BCUT2D eigenvalue weighted by molar-refractivity contribution is 5.87. The molecule has 1 heterocycles. The number of rotatable bonds is 5. The maximum Gasteiger partial charge on any atom is 0.328 e. The van der Waals surface area contributed by atoms with E-state index in [1.165, 1.54) is 7.11 Å². The summed E-state index contributed by atoms with van der Waals surface area (Å²) in [4.78, 5) is 24.0. The average molecular weight is 291 g/mol. The van der Waals surface area contributed by atoms with Crippen molar-refractivity contribution in [3.05, 3.63) is 35.4 Å². The predicted molar refractivity (Wildman–Crippen MR) is 77.8 cm³/mol. The molecule has 1 saturated heterocycles. The lowest BCUT2D eigenvalue weighted by Crippen LogP contribution is -2.47. The largest absolute Gasteiger partial charge is 0.467 e. The molecule has 5 heteroatoms. The number of hydrogen-bond donors (Lipinski definition) is 1. The summed E-state index contributed by atoms with van der Waals surface area (Å²) in [6.07, 6.45) is 1.54. The highest BCUT2D eigenvalue weighted by Gasteiger charge is 2.29. The van der Waals surface area contributed by atoms with Crippen LogP contribution in [-0.2, 0) is 25.5 Å². The molecular weight excluding hydrogens is 270 g/mol. The summed E-state index contributed by atoms with van der Waals surface area (Å²) in [7, 11) is 1.32. The number of carbonyl (C=O) groups excluding carboxylic acids is 2. The third kappa shape index (κ3) is 4.04. The highest BCUT2D eigenvalue weighted by atomic mass is 16.5. The van der Waals surface area contributed by atoms with Gasteiger partial charge in [0.25, 0.3) is 0 Å². The maximum atomic E-state index is 12.1. The molecule has 0 aliphatic carbocycles. The minimum atomic E-state index is -0.687. The summed E-state index contributed by atoms with van der Waals surface area (Å²) in [6.45, 7) is 2.57. The molecule has 0 saturated carbocycles. The van der Waals surface area contributed by atoms with Gasteiger partial charge in [-0.3, -0.25) is 4.79 Å². The van der Waals surface area contributed by atoms with Gasteiger partial charge in [-0.1, -0.05) is 24.3 Å². The number of benzene rings is 1. The van der Waals surface area contributed by atoms with E-state index >= 15 is 0 Å². The quantitative estimate of drug-likeness (QED) is 0.832. The molecule has 1 amide bonds. The number of nitrogens with one attached hydrogen (secondary N) is 1. The number of methoxy groups -OCH3 is 1. The van der Waals surface area contributed by atoms with E-state index in [1.54, 1.807) is 0 Å². The van der Waals surface area contributed by atoms with Gasteiger partial charge in [-0.2, -0.15) is 0 Å². The first kappa shape index (κ1) is 15.5. The van der Waals surface area contributed by atoms with Gasteiger partial charge < -0.3 is 14.8 Å². The maximum absolute atomic E-state index is 12.1. The summed E-state index contributed by atoms with van der Waals surface area (Å²) in [5.41, 5.74) is 2.10.